The molecule has 24 heavy (non-hydrogen) atoms. The first kappa shape index (κ1) is 19.5. The fourth-order valence-corrected chi connectivity index (χ4v) is 1.74. The number of carbonyl (C=O) groups excluding carboxylic acids is 3. The maximum atomic E-state index is 11.9. The Bertz CT molecular complexity index is 576. The van der Waals surface area contributed by atoms with Gasteiger partial charge in [0.15, 0.2) is 6.61 Å². The van der Waals surface area contributed by atoms with E-state index in [9.17, 15) is 27.6 Å². The van der Waals surface area contributed by atoms with Crippen molar-refractivity contribution in [3.05, 3.63) is 35.9 Å². The summed E-state index contributed by atoms with van der Waals surface area (Å²) in [7, 11) is 0. The molecule has 1 rings (SSSR count). The Morgan fingerprint density at radius 3 is 2.38 bits per heavy atom. The predicted octanol–water partition coefficient (Wildman–Crippen LogP) is 2.11. The molecule has 0 aliphatic rings. The van der Waals surface area contributed by atoms with Gasteiger partial charge in [0.05, 0.1) is 6.42 Å². The minimum absolute atomic E-state index is 0.0254. The third-order valence-corrected chi connectivity index (χ3v) is 2.91. The number of esters is 1. The molecular formula is C15H17F3N2O4. The van der Waals surface area contributed by atoms with Gasteiger partial charge in [0, 0.05) is 0 Å². The van der Waals surface area contributed by atoms with E-state index in [1.165, 1.54) is 5.32 Å². The van der Waals surface area contributed by atoms with Gasteiger partial charge in [-0.15, -0.1) is 0 Å². The number of imide groups is 1. The van der Waals surface area contributed by atoms with E-state index in [2.05, 4.69) is 4.74 Å². The lowest BCUT2D eigenvalue weighted by atomic mass is 9.98. The van der Waals surface area contributed by atoms with E-state index in [0.29, 0.717) is 0 Å². The largest absolute Gasteiger partial charge is 0.456 e. The van der Waals surface area contributed by atoms with Gasteiger partial charge in [-0.2, -0.15) is 13.2 Å². The van der Waals surface area contributed by atoms with E-state index < -0.39 is 37.2 Å². The highest BCUT2D eigenvalue weighted by Gasteiger charge is 2.28. The fourth-order valence-electron chi connectivity index (χ4n) is 1.74. The molecule has 132 valence electrons. The summed E-state index contributed by atoms with van der Waals surface area (Å²) in [6, 6.07) is 7.86. The summed E-state index contributed by atoms with van der Waals surface area (Å²) < 4.78 is 40.3. The minimum atomic E-state index is -4.58. The quantitative estimate of drug-likeness (QED) is 0.773. The molecule has 1 aromatic carbocycles. The van der Waals surface area contributed by atoms with Crippen molar-refractivity contribution >= 4 is 17.9 Å². The molecule has 0 saturated carbocycles. The van der Waals surface area contributed by atoms with E-state index >= 15 is 0 Å². The first-order valence-electron chi connectivity index (χ1n) is 7.02. The van der Waals surface area contributed by atoms with Crippen molar-refractivity contribution in [3.8, 4) is 0 Å². The second kappa shape index (κ2) is 8.90. The summed E-state index contributed by atoms with van der Waals surface area (Å²) in [5.74, 6) is -1.80. The van der Waals surface area contributed by atoms with Gasteiger partial charge in [-0.3, -0.25) is 14.9 Å². The maximum absolute atomic E-state index is 11.9. The van der Waals surface area contributed by atoms with Gasteiger partial charge >= 0.3 is 18.2 Å². The minimum Gasteiger partial charge on any atom is -0.456 e. The van der Waals surface area contributed by atoms with Crippen molar-refractivity contribution in [2.75, 3.05) is 13.2 Å². The van der Waals surface area contributed by atoms with Crippen LogP contribution in [0.3, 0.4) is 0 Å². The summed E-state index contributed by atoms with van der Waals surface area (Å²) in [5, 5.41) is 3.09. The van der Waals surface area contributed by atoms with Crippen LogP contribution in [-0.4, -0.2) is 37.2 Å². The second-order valence-electron chi connectivity index (χ2n) is 5.02. The molecule has 6 nitrogen and oxygen atoms in total. The van der Waals surface area contributed by atoms with Gasteiger partial charge in [-0.25, -0.2) is 4.79 Å². The lowest BCUT2D eigenvalue weighted by Crippen LogP contribution is -2.44. The fraction of sp³-hybridized carbons (Fsp3) is 0.400. The molecule has 0 bridgehead atoms. The van der Waals surface area contributed by atoms with E-state index in [0.717, 1.165) is 5.56 Å². The Kier molecular flexibility index (Phi) is 7.22. The number of nitrogens with one attached hydrogen (secondary N) is 2. The molecule has 0 aliphatic carbocycles. The van der Waals surface area contributed by atoms with Crippen LogP contribution in [-0.2, 0) is 14.3 Å². The normalized spacial score (nSPS) is 12.2. The van der Waals surface area contributed by atoms with Crippen molar-refractivity contribution in [3.63, 3.8) is 0 Å². The Morgan fingerprint density at radius 1 is 1.17 bits per heavy atom. The molecule has 9 heteroatoms. The number of alkyl halides is 3. The topological polar surface area (TPSA) is 84.5 Å². The highest BCUT2D eigenvalue weighted by molar-refractivity contribution is 5.95. The van der Waals surface area contributed by atoms with Crippen LogP contribution in [0.2, 0.25) is 0 Å². The lowest BCUT2D eigenvalue weighted by Gasteiger charge is -2.12. The molecule has 0 aliphatic heterocycles. The number of hydrogen-bond acceptors (Lipinski definition) is 4. The number of rotatable bonds is 6. The van der Waals surface area contributed by atoms with Gasteiger partial charge in [0.25, 0.3) is 5.91 Å². The number of ether oxygens (including phenoxy) is 1. The summed E-state index contributed by atoms with van der Waals surface area (Å²) in [4.78, 5) is 34.0. The average molecular weight is 346 g/mol. The summed E-state index contributed by atoms with van der Waals surface area (Å²) >= 11 is 0. The molecule has 0 heterocycles. The molecule has 0 saturated heterocycles. The van der Waals surface area contributed by atoms with Gasteiger partial charge in [0.2, 0.25) is 0 Å². The van der Waals surface area contributed by atoms with Gasteiger partial charge in [0.1, 0.15) is 6.54 Å². The van der Waals surface area contributed by atoms with Crippen LogP contribution in [0, 0.1) is 0 Å². The zero-order valence-corrected chi connectivity index (χ0v) is 12.9. The summed E-state index contributed by atoms with van der Waals surface area (Å²) in [6.07, 6.45) is -4.56. The number of carbonyl (C=O) groups is 3. The molecule has 2 N–H and O–H groups in total. The van der Waals surface area contributed by atoms with Gasteiger partial charge in [-0.05, 0) is 11.5 Å². The first-order valence-corrected chi connectivity index (χ1v) is 7.02. The van der Waals surface area contributed by atoms with Crippen molar-refractivity contribution in [1.82, 2.24) is 10.6 Å². The number of urea groups is 1. The standard InChI is InChI=1S/C15H17F3N2O4/c1-10(11-5-3-2-4-6-11)7-13(22)24-8-12(21)20-14(23)19-9-15(16,17)18/h2-6,10H,7-9H2,1H3,(H2,19,20,21,23)/t10-/m1/s1. The molecule has 0 unspecified atom stereocenters. The van der Waals surface area contributed by atoms with E-state index in [1.807, 2.05) is 30.3 Å². The van der Waals surface area contributed by atoms with Crippen LogP contribution in [0.5, 0.6) is 0 Å². The maximum Gasteiger partial charge on any atom is 0.405 e. The van der Waals surface area contributed by atoms with Crippen molar-refractivity contribution < 1.29 is 32.3 Å². The van der Waals surface area contributed by atoms with E-state index in [-0.39, 0.29) is 12.3 Å². The van der Waals surface area contributed by atoms with Crippen LogP contribution < -0.4 is 10.6 Å². The molecule has 1 atom stereocenters. The van der Waals surface area contributed by atoms with Crippen LogP contribution in [0.4, 0.5) is 18.0 Å². The van der Waals surface area contributed by atoms with Crippen LogP contribution in [0.25, 0.3) is 0 Å². The monoisotopic (exact) mass is 346 g/mol. The Morgan fingerprint density at radius 2 is 1.79 bits per heavy atom. The van der Waals surface area contributed by atoms with Crippen molar-refractivity contribution in [1.29, 1.82) is 0 Å². The molecule has 0 fully saturated rings. The SMILES string of the molecule is C[C@H](CC(=O)OCC(=O)NC(=O)NCC(F)(F)F)c1ccccc1. The molecule has 1 aromatic rings. The highest BCUT2D eigenvalue weighted by Crippen LogP contribution is 2.18. The molecule has 0 spiro atoms. The third-order valence-electron chi connectivity index (χ3n) is 2.91. The molecule has 0 radical (unpaired) electrons. The molecule has 0 aromatic heterocycles. The highest BCUT2D eigenvalue weighted by atomic mass is 19.4. The number of benzene rings is 1. The second-order valence-corrected chi connectivity index (χ2v) is 5.02. The number of amides is 3. The number of halogens is 3. The van der Waals surface area contributed by atoms with Gasteiger partial charge < -0.3 is 10.1 Å². The first-order chi connectivity index (χ1) is 11.2. The van der Waals surface area contributed by atoms with Crippen LogP contribution in [0.1, 0.15) is 24.8 Å². The van der Waals surface area contributed by atoms with Gasteiger partial charge in [-0.1, -0.05) is 37.3 Å². The lowest BCUT2D eigenvalue weighted by molar-refractivity contribution is -0.148. The zero-order chi connectivity index (χ0) is 18.2. The van der Waals surface area contributed by atoms with Crippen molar-refractivity contribution in [2.45, 2.75) is 25.4 Å². The Hall–Kier alpha value is -2.58. The third kappa shape index (κ3) is 8.16. The van der Waals surface area contributed by atoms with Crippen LogP contribution >= 0.6 is 0 Å². The summed E-state index contributed by atoms with van der Waals surface area (Å²) in [6.45, 7) is -0.512. The Balaban J connectivity index is 2.28. The van der Waals surface area contributed by atoms with E-state index in [4.69, 9.17) is 0 Å². The smallest absolute Gasteiger partial charge is 0.405 e. The van der Waals surface area contributed by atoms with Crippen LogP contribution in [0.15, 0.2) is 30.3 Å². The Labute approximate surface area is 136 Å². The summed E-state index contributed by atoms with van der Waals surface area (Å²) in [5.41, 5.74) is 0.922. The average Bonchev–Trinajstić information content (AvgIpc) is 2.51. The molecule has 3 amide bonds. The molecular weight excluding hydrogens is 329 g/mol. The van der Waals surface area contributed by atoms with E-state index in [1.54, 1.807) is 12.2 Å². The van der Waals surface area contributed by atoms with Crippen molar-refractivity contribution in [2.24, 2.45) is 0 Å². The predicted molar refractivity (Wildman–Crippen MR) is 78.0 cm³/mol. The number of hydrogen-bond donors (Lipinski definition) is 2. The zero-order valence-electron chi connectivity index (χ0n) is 12.9.